The number of amides is 1. The molecule has 3 heterocycles. The van der Waals surface area contributed by atoms with Gasteiger partial charge in [0, 0.05) is 19.2 Å². The average Bonchev–Trinajstić information content (AvgIpc) is 3.59. The Balaban J connectivity index is 1.02. The average molecular weight is 509 g/mol. The SMILES string of the molecule is O=C(Cc1ccc(OCCC2CC2C2CCN(c3ncc(Cl)cn3)CC2)cc1F)N1CC(F)(F)C1. The molecule has 2 aromatic rings. The second-order valence-corrected chi connectivity index (χ2v) is 10.3. The molecule has 35 heavy (non-hydrogen) atoms. The number of likely N-dealkylation sites (tertiary alicyclic amines) is 1. The molecule has 188 valence electrons. The van der Waals surface area contributed by atoms with Gasteiger partial charge in [-0.05, 0) is 55.1 Å². The Hall–Kier alpha value is -2.55. The molecule has 0 radical (unpaired) electrons. The van der Waals surface area contributed by atoms with Crippen LogP contribution in [0.2, 0.25) is 5.02 Å². The molecule has 1 aliphatic carbocycles. The highest BCUT2D eigenvalue weighted by Gasteiger charge is 2.46. The smallest absolute Gasteiger partial charge is 0.282 e. The summed E-state index contributed by atoms with van der Waals surface area (Å²) < 4.78 is 46.0. The fourth-order valence-electron chi connectivity index (χ4n) is 5.23. The highest BCUT2D eigenvalue weighted by atomic mass is 35.5. The monoisotopic (exact) mass is 508 g/mol. The minimum atomic E-state index is -2.82. The lowest BCUT2D eigenvalue weighted by molar-refractivity contribution is -0.165. The number of carbonyl (C=O) groups excluding carboxylic acids is 1. The zero-order valence-corrected chi connectivity index (χ0v) is 20.1. The molecule has 0 N–H and O–H groups in total. The number of benzene rings is 1. The summed E-state index contributed by atoms with van der Waals surface area (Å²) in [5.74, 6) is -0.666. The Labute approximate surface area is 207 Å². The Morgan fingerprint density at radius 1 is 1.17 bits per heavy atom. The van der Waals surface area contributed by atoms with E-state index in [0.717, 1.165) is 43.2 Å². The zero-order valence-electron chi connectivity index (χ0n) is 19.3. The molecule has 2 saturated heterocycles. The molecular weight excluding hydrogens is 481 g/mol. The van der Waals surface area contributed by atoms with Gasteiger partial charge in [-0.3, -0.25) is 4.79 Å². The Morgan fingerprint density at radius 3 is 2.54 bits per heavy atom. The molecule has 6 nitrogen and oxygen atoms in total. The summed E-state index contributed by atoms with van der Waals surface area (Å²) in [5.41, 5.74) is 0.190. The van der Waals surface area contributed by atoms with Crippen LogP contribution in [0, 0.1) is 23.6 Å². The topological polar surface area (TPSA) is 58.6 Å². The van der Waals surface area contributed by atoms with Crippen molar-refractivity contribution in [2.45, 2.75) is 38.0 Å². The van der Waals surface area contributed by atoms with Crippen LogP contribution in [0.25, 0.3) is 0 Å². The van der Waals surface area contributed by atoms with E-state index in [9.17, 15) is 18.0 Å². The molecule has 2 aliphatic heterocycles. The molecule has 2 unspecified atom stereocenters. The van der Waals surface area contributed by atoms with Crippen molar-refractivity contribution in [3.63, 3.8) is 0 Å². The van der Waals surface area contributed by atoms with Crippen LogP contribution in [0.3, 0.4) is 0 Å². The van der Waals surface area contributed by atoms with Crippen LogP contribution in [-0.4, -0.2) is 59.5 Å². The van der Waals surface area contributed by atoms with E-state index < -0.39 is 30.7 Å². The van der Waals surface area contributed by atoms with Gasteiger partial charge in [-0.15, -0.1) is 0 Å². The predicted molar refractivity (Wildman–Crippen MR) is 125 cm³/mol. The van der Waals surface area contributed by atoms with Crippen molar-refractivity contribution >= 4 is 23.5 Å². The summed E-state index contributed by atoms with van der Waals surface area (Å²) in [4.78, 5) is 23.9. The van der Waals surface area contributed by atoms with Crippen molar-refractivity contribution in [3.05, 3.63) is 47.0 Å². The zero-order chi connectivity index (χ0) is 24.6. The number of rotatable bonds is 8. The Morgan fingerprint density at radius 2 is 1.89 bits per heavy atom. The molecule has 1 amide bonds. The van der Waals surface area contributed by atoms with E-state index in [2.05, 4.69) is 14.9 Å². The number of carbonyl (C=O) groups is 1. The number of aromatic nitrogens is 2. The number of piperidine rings is 1. The third-order valence-corrected chi connectivity index (χ3v) is 7.53. The molecule has 10 heteroatoms. The minimum absolute atomic E-state index is 0.190. The first-order valence-electron chi connectivity index (χ1n) is 12.1. The van der Waals surface area contributed by atoms with Crippen LogP contribution in [0.15, 0.2) is 30.6 Å². The van der Waals surface area contributed by atoms with Gasteiger partial charge in [0.05, 0.1) is 43.5 Å². The number of nitrogens with zero attached hydrogens (tertiary/aromatic N) is 4. The predicted octanol–water partition coefficient (Wildman–Crippen LogP) is 4.61. The first-order valence-corrected chi connectivity index (χ1v) is 12.4. The van der Waals surface area contributed by atoms with Crippen molar-refractivity contribution in [1.82, 2.24) is 14.9 Å². The van der Waals surface area contributed by atoms with Gasteiger partial charge < -0.3 is 14.5 Å². The van der Waals surface area contributed by atoms with Gasteiger partial charge in [0.15, 0.2) is 0 Å². The van der Waals surface area contributed by atoms with Crippen molar-refractivity contribution < 1.29 is 22.7 Å². The first-order chi connectivity index (χ1) is 16.8. The summed E-state index contributed by atoms with van der Waals surface area (Å²) in [6.07, 6.45) is 7.40. The highest BCUT2D eigenvalue weighted by Crippen LogP contribution is 2.49. The van der Waals surface area contributed by atoms with Crippen molar-refractivity contribution in [3.8, 4) is 5.75 Å². The quantitative estimate of drug-likeness (QED) is 0.521. The maximum absolute atomic E-state index is 14.4. The lowest BCUT2D eigenvalue weighted by Crippen LogP contribution is -2.58. The highest BCUT2D eigenvalue weighted by molar-refractivity contribution is 6.30. The van der Waals surface area contributed by atoms with Gasteiger partial charge in [0.2, 0.25) is 11.9 Å². The van der Waals surface area contributed by atoms with Crippen LogP contribution in [0.5, 0.6) is 5.75 Å². The fraction of sp³-hybridized carbons (Fsp3) is 0.560. The van der Waals surface area contributed by atoms with Gasteiger partial charge in [0.1, 0.15) is 11.6 Å². The molecule has 3 aliphatic rings. The summed E-state index contributed by atoms with van der Waals surface area (Å²) >= 11 is 5.87. The summed E-state index contributed by atoms with van der Waals surface area (Å²) in [7, 11) is 0. The van der Waals surface area contributed by atoms with Crippen molar-refractivity contribution in [1.29, 1.82) is 0 Å². The molecule has 5 rings (SSSR count). The third kappa shape index (κ3) is 5.82. The number of alkyl halides is 2. The van der Waals surface area contributed by atoms with Gasteiger partial charge in [0.25, 0.3) is 5.92 Å². The van der Waals surface area contributed by atoms with Crippen LogP contribution in [0.4, 0.5) is 19.1 Å². The number of ether oxygens (including phenoxy) is 1. The summed E-state index contributed by atoms with van der Waals surface area (Å²) in [6, 6.07) is 4.40. The second-order valence-electron chi connectivity index (χ2n) is 9.86. The van der Waals surface area contributed by atoms with Gasteiger partial charge >= 0.3 is 0 Å². The normalized spacial score (nSPS) is 23.7. The fourth-order valence-corrected chi connectivity index (χ4v) is 5.33. The van der Waals surface area contributed by atoms with E-state index in [1.54, 1.807) is 18.5 Å². The van der Waals surface area contributed by atoms with Crippen molar-refractivity contribution in [2.24, 2.45) is 17.8 Å². The van der Waals surface area contributed by atoms with E-state index in [4.69, 9.17) is 16.3 Å². The molecule has 0 spiro atoms. The maximum Gasteiger partial charge on any atom is 0.282 e. The van der Waals surface area contributed by atoms with Gasteiger partial charge in [-0.2, -0.15) is 0 Å². The van der Waals surface area contributed by atoms with E-state index in [-0.39, 0.29) is 12.0 Å². The lowest BCUT2D eigenvalue weighted by atomic mass is 9.90. The summed E-state index contributed by atoms with van der Waals surface area (Å²) in [6.45, 7) is 1.22. The standard InChI is InChI=1S/C25H28ClF3N4O2/c26-19-12-30-24(31-13-19)32-6-3-16(4-7-32)21-9-17(21)5-8-35-20-2-1-18(22(27)11-20)10-23(34)33-14-25(28,29)15-33/h1-2,11-13,16-17,21H,3-10,14-15H2. The van der Waals surface area contributed by atoms with E-state index in [0.29, 0.717) is 35.1 Å². The van der Waals surface area contributed by atoms with E-state index in [1.807, 2.05) is 0 Å². The van der Waals surface area contributed by atoms with Crippen molar-refractivity contribution in [2.75, 3.05) is 37.7 Å². The minimum Gasteiger partial charge on any atom is -0.493 e. The van der Waals surface area contributed by atoms with Crippen LogP contribution >= 0.6 is 11.6 Å². The Bertz CT molecular complexity index is 1060. The molecule has 3 fully saturated rings. The number of halogens is 4. The Kier molecular flexibility index (Phi) is 6.79. The molecular formula is C25H28ClF3N4O2. The largest absolute Gasteiger partial charge is 0.493 e. The number of anilines is 1. The maximum atomic E-state index is 14.4. The van der Waals surface area contributed by atoms with Crippen LogP contribution in [-0.2, 0) is 11.2 Å². The van der Waals surface area contributed by atoms with Gasteiger partial charge in [-0.25, -0.2) is 23.1 Å². The van der Waals surface area contributed by atoms with E-state index >= 15 is 0 Å². The second kappa shape index (κ2) is 9.84. The first kappa shape index (κ1) is 24.2. The summed E-state index contributed by atoms with van der Waals surface area (Å²) in [5, 5.41) is 0.539. The van der Waals surface area contributed by atoms with Crippen LogP contribution in [0.1, 0.15) is 31.2 Å². The lowest BCUT2D eigenvalue weighted by Gasteiger charge is -2.38. The molecule has 2 atom stereocenters. The molecule has 1 aromatic heterocycles. The van der Waals surface area contributed by atoms with Gasteiger partial charge in [-0.1, -0.05) is 17.7 Å². The number of hydrogen-bond donors (Lipinski definition) is 0. The molecule has 0 bridgehead atoms. The third-order valence-electron chi connectivity index (χ3n) is 7.33. The number of hydrogen-bond acceptors (Lipinski definition) is 5. The van der Waals surface area contributed by atoms with E-state index in [1.165, 1.54) is 18.6 Å². The van der Waals surface area contributed by atoms with Crippen LogP contribution < -0.4 is 9.64 Å². The molecule has 1 saturated carbocycles. The molecule has 1 aromatic carbocycles.